The molecule has 0 saturated heterocycles. The first kappa shape index (κ1) is 24.2. The van der Waals surface area contributed by atoms with Crippen molar-refractivity contribution in [1.29, 1.82) is 0 Å². The van der Waals surface area contributed by atoms with Crippen LogP contribution in [0.15, 0.2) is 40.2 Å². The van der Waals surface area contributed by atoms with Crippen molar-refractivity contribution < 1.29 is 13.2 Å². The first-order chi connectivity index (χ1) is 12.5. The van der Waals surface area contributed by atoms with E-state index in [2.05, 4.69) is 10.3 Å². The Morgan fingerprint density at radius 2 is 2.00 bits per heavy atom. The molecule has 8 heteroatoms. The molecule has 0 bridgehead atoms. The van der Waals surface area contributed by atoms with Crippen LogP contribution in [0.2, 0.25) is 0 Å². The van der Waals surface area contributed by atoms with Crippen molar-refractivity contribution in [3.05, 3.63) is 30.3 Å². The molecule has 1 fully saturated rings. The van der Waals surface area contributed by atoms with Crippen LogP contribution in [0.25, 0.3) is 0 Å². The highest BCUT2D eigenvalue weighted by Gasteiger charge is 2.21. The van der Waals surface area contributed by atoms with E-state index in [1.165, 1.54) is 12.8 Å². The number of hydrogen-bond donors (Lipinski definition) is 1. The molecule has 6 nitrogen and oxygen atoms in total. The number of halogens is 1. The number of likely N-dealkylation sites (N-methyl/N-ethyl adjacent to an activating group) is 1. The maximum absolute atomic E-state index is 12.3. The topological polar surface area (TPSA) is 71.0 Å². The Balaban J connectivity index is 0.00000364. The molecular formula is C19H32IN3O3S. The normalized spacial score (nSPS) is 14.5. The lowest BCUT2D eigenvalue weighted by molar-refractivity contribution is 0.115. The zero-order valence-corrected chi connectivity index (χ0v) is 19.4. The fourth-order valence-corrected chi connectivity index (χ4v) is 3.81. The van der Waals surface area contributed by atoms with Crippen molar-refractivity contribution >= 4 is 39.8 Å². The number of sulfone groups is 1. The van der Waals surface area contributed by atoms with Crippen LogP contribution in [-0.2, 0) is 14.6 Å². The predicted octanol–water partition coefficient (Wildman–Crippen LogP) is 2.79. The Morgan fingerprint density at radius 3 is 2.63 bits per heavy atom. The van der Waals surface area contributed by atoms with Gasteiger partial charge in [0, 0.05) is 33.3 Å². The number of nitrogens with zero attached hydrogens (tertiary/aromatic N) is 2. The zero-order valence-electron chi connectivity index (χ0n) is 16.3. The second kappa shape index (κ2) is 12.6. The van der Waals surface area contributed by atoms with Crippen LogP contribution in [-0.4, -0.2) is 64.9 Å². The van der Waals surface area contributed by atoms with Crippen molar-refractivity contribution in [2.45, 2.75) is 31.1 Å². The minimum atomic E-state index is -3.23. The van der Waals surface area contributed by atoms with Crippen molar-refractivity contribution in [2.24, 2.45) is 10.9 Å². The Kier molecular flexibility index (Phi) is 11.2. The van der Waals surface area contributed by atoms with E-state index in [-0.39, 0.29) is 29.7 Å². The fraction of sp³-hybridized carbons (Fsp3) is 0.632. The molecular weight excluding hydrogens is 477 g/mol. The van der Waals surface area contributed by atoms with Gasteiger partial charge in [0.05, 0.1) is 17.3 Å². The van der Waals surface area contributed by atoms with Crippen LogP contribution in [0, 0.1) is 5.92 Å². The van der Waals surface area contributed by atoms with Gasteiger partial charge in [0.25, 0.3) is 0 Å². The summed E-state index contributed by atoms with van der Waals surface area (Å²) < 4.78 is 30.2. The summed E-state index contributed by atoms with van der Waals surface area (Å²) in [5.41, 5.74) is 0. The first-order valence-electron chi connectivity index (χ1n) is 9.38. The van der Waals surface area contributed by atoms with E-state index < -0.39 is 9.84 Å². The molecule has 0 aliphatic heterocycles. The third kappa shape index (κ3) is 9.25. The molecule has 1 aromatic rings. The van der Waals surface area contributed by atoms with Crippen LogP contribution in [0.4, 0.5) is 0 Å². The third-order valence-corrected chi connectivity index (χ3v) is 6.07. The van der Waals surface area contributed by atoms with Gasteiger partial charge in [-0.15, -0.1) is 24.0 Å². The molecule has 0 spiro atoms. The van der Waals surface area contributed by atoms with E-state index >= 15 is 0 Å². The molecule has 1 aromatic carbocycles. The van der Waals surface area contributed by atoms with Gasteiger partial charge in [0.2, 0.25) is 0 Å². The highest BCUT2D eigenvalue weighted by Crippen LogP contribution is 2.28. The molecule has 1 N–H and O–H groups in total. The van der Waals surface area contributed by atoms with Gasteiger partial charge in [-0.2, -0.15) is 0 Å². The van der Waals surface area contributed by atoms with Gasteiger partial charge in [-0.3, -0.25) is 4.99 Å². The Bertz CT molecular complexity index is 664. The minimum absolute atomic E-state index is 0. The van der Waals surface area contributed by atoms with Gasteiger partial charge in [-0.05, 0) is 44.2 Å². The highest BCUT2D eigenvalue weighted by molar-refractivity contribution is 14.0. The van der Waals surface area contributed by atoms with E-state index in [0.717, 1.165) is 31.6 Å². The van der Waals surface area contributed by atoms with Crippen LogP contribution in [0.5, 0.6) is 0 Å². The largest absolute Gasteiger partial charge is 0.379 e. The lowest BCUT2D eigenvalue weighted by Crippen LogP contribution is -2.40. The number of hydrogen-bond acceptors (Lipinski definition) is 4. The predicted molar refractivity (Wildman–Crippen MR) is 121 cm³/mol. The average Bonchev–Trinajstić information content (AvgIpc) is 3.46. The van der Waals surface area contributed by atoms with E-state index in [1.54, 1.807) is 24.3 Å². The molecule has 0 atom stereocenters. The smallest absolute Gasteiger partial charge is 0.193 e. The number of ether oxygens (including phenoxy) is 1. The molecule has 2 rings (SSSR count). The lowest BCUT2D eigenvalue weighted by Gasteiger charge is -2.22. The van der Waals surface area contributed by atoms with Gasteiger partial charge < -0.3 is 15.0 Å². The fourth-order valence-electron chi connectivity index (χ4n) is 2.50. The Labute approximate surface area is 180 Å². The Hall–Kier alpha value is -0.870. The molecule has 0 heterocycles. The number of aliphatic imine (C=N–C) groups is 1. The van der Waals surface area contributed by atoms with Crippen molar-refractivity contribution in [1.82, 2.24) is 10.2 Å². The molecule has 1 aliphatic rings. The standard InChI is InChI=1S/C19H31N3O3S.HI/c1-3-20-19(22(2)13-14-25-16-17-10-11-17)21-12-7-15-26(23,24)18-8-5-4-6-9-18;/h4-6,8-9,17H,3,7,10-16H2,1-2H3,(H,20,21);1H. The van der Waals surface area contributed by atoms with E-state index in [0.29, 0.717) is 24.5 Å². The molecule has 0 aromatic heterocycles. The highest BCUT2D eigenvalue weighted by atomic mass is 127. The summed E-state index contributed by atoms with van der Waals surface area (Å²) in [6.07, 6.45) is 3.09. The Morgan fingerprint density at radius 1 is 1.30 bits per heavy atom. The van der Waals surface area contributed by atoms with Crippen LogP contribution < -0.4 is 5.32 Å². The SMILES string of the molecule is CCNC(=NCCCS(=O)(=O)c1ccccc1)N(C)CCOCC1CC1.I. The van der Waals surface area contributed by atoms with Gasteiger partial charge in [-0.1, -0.05) is 18.2 Å². The number of guanidine groups is 1. The summed E-state index contributed by atoms with van der Waals surface area (Å²) in [7, 11) is -1.26. The van der Waals surface area contributed by atoms with Crippen molar-refractivity contribution in [2.75, 3.05) is 45.6 Å². The second-order valence-electron chi connectivity index (χ2n) is 6.66. The molecule has 1 saturated carbocycles. The van der Waals surface area contributed by atoms with E-state index in [9.17, 15) is 8.42 Å². The quantitative estimate of drug-likeness (QED) is 0.215. The lowest BCUT2D eigenvalue weighted by atomic mass is 10.4. The number of benzene rings is 1. The second-order valence-corrected chi connectivity index (χ2v) is 8.77. The van der Waals surface area contributed by atoms with Crippen molar-refractivity contribution in [3.63, 3.8) is 0 Å². The molecule has 0 amide bonds. The van der Waals surface area contributed by atoms with Crippen molar-refractivity contribution in [3.8, 4) is 0 Å². The first-order valence-corrected chi connectivity index (χ1v) is 11.0. The average molecular weight is 509 g/mol. The summed E-state index contributed by atoms with van der Waals surface area (Å²) in [5.74, 6) is 1.67. The maximum Gasteiger partial charge on any atom is 0.193 e. The van der Waals surface area contributed by atoms with Gasteiger partial charge in [-0.25, -0.2) is 8.42 Å². The van der Waals surface area contributed by atoms with E-state index in [4.69, 9.17) is 4.74 Å². The molecule has 154 valence electrons. The number of nitrogens with one attached hydrogen (secondary N) is 1. The molecule has 0 unspecified atom stereocenters. The summed E-state index contributed by atoms with van der Waals surface area (Å²) in [4.78, 5) is 6.95. The van der Waals surface area contributed by atoms with Gasteiger partial charge in [0.15, 0.2) is 15.8 Å². The summed E-state index contributed by atoms with van der Waals surface area (Å²) >= 11 is 0. The summed E-state index contributed by atoms with van der Waals surface area (Å²) in [6.45, 7) is 5.57. The summed E-state index contributed by atoms with van der Waals surface area (Å²) in [5, 5.41) is 3.24. The van der Waals surface area contributed by atoms with Crippen LogP contribution in [0.3, 0.4) is 0 Å². The molecule has 0 radical (unpaired) electrons. The molecule has 1 aliphatic carbocycles. The number of rotatable bonds is 11. The zero-order chi connectivity index (χ0) is 18.8. The third-order valence-electron chi connectivity index (χ3n) is 4.25. The van der Waals surface area contributed by atoms with Gasteiger partial charge in [0.1, 0.15) is 0 Å². The van der Waals surface area contributed by atoms with Crippen LogP contribution in [0.1, 0.15) is 26.2 Å². The minimum Gasteiger partial charge on any atom is -0.379 e. The van der Waals surface area contributed by atoms with E-state index in [1.807, 2.05) is 24.9 Å². The van der Waals surface area contributed by atoms with Gasteiger partial charge >= 0.3 is 0 Å². The summed E-state index contributed by atoms with van der Waals surface area (Å²) in [6, 6.07) is 8.58. The molecule has 27 heavy (non-hydrogen) atoms. The monoisotopic (exact) mass is 509 g/mol. The van der Waals surface area contributed by atoms with Crippen LogP contribution >= 0.6 is 24.0 Å². The maximum atomic E-state index is 12.3.